The van der Waals surface area contributed by atoms with E-state index in [0.29, 0.717) is 28.2 Å². The van der Waals surface area contributed by atoms with E-state index in [2.05, 4.69) is 10.00 Å². The van der Waals surface area contributed by atoms with Gasteiger partial charge in [-0.15, -0.1) is 0 Å². The van der Waals surface area contributed by atoms with Crippen molar-refractivity contribution >= 4 is 40.8 Å². The topological polar surface area (TPSA) is 41.4 Å². The van der Waals surface area contributed by atoms with Gasteiger partial charge in [0.05, 0.1) is 23.5 Å². The van der Waals surface area contributed by atoms with Gasteiger partial charge in [0, 0.05) is 36.2 Å². The first-order chi connectivity index (χ1) is 14.0. The summed E-state index contributed by atoms with van der Waals surface area (Å²) in [6.07, 6.45) is 2.99. The second-order valence-electron chi connectivity index (χ2n) is 6.91. The quantitative estimate of drug-likeness (QED) is 0.550. The van der Waals surface area contributed by atoms with Crippen molar-refractivity contribution in [2.24, 2.45) is 0 Å². The Labute approximate surface area is 184 Å². The molecule has 1 aromatic heterocycles. The Kier molecular flexibility index (Phi) is 6.11. The summed E-state index contributed by atoms with van der Waals surface area (Å²) in [4.78, 5) is 16.8. The summed E-state index contributed by atoms with van der Waals surface area (Å²) in [5.41, 5.74) is 2.30. The van der Waals surface area contributed by atoms with Crippen molar-refractivity contribution < 1.29 is 4.79 Å². The van der Waals surface area contributed by atoms with Crippen LogP contribution < -0.4 is 0 Å². The first-order valence-electron chi connectivity index (χ1n) is 9.26. The Morgan fingerprint density at radius 3 is 1.76 bits per heavy atom. The SMILES string of the molecule is O=C(N1CCN(C(c2ccc(Cl)cc2)c2ccc(Cl)cc2)CC1)n1cc(Cl)cn1. The van der Waals surface area contributed by atoms with Crippen molar-refractivity contribution in [3.63, 3.8) is 0 Å². The lowest BCUT2D eigenvalue weighted by Crippen LogP contribution is -2.51. The van der Waals surface area contributed by atoms with E-state index in [1.54, 1.807) is 4.90 Å². The molecule has 0 N–H and O–H groups in total. The average Bonchev–Trinajstić information content (AvgIpc) is 3.17. The largest absolute Gasteiger partial charge is 0.344 e. The van der Waals surface area contributed by atoms with Crippen LogP contribution in [0.4, 0.5) is 4.79 Å². The molecule has 0 radical (unpaired) electrons. The van der Waals surface area contributed by atoms with Crippen LogP contribution in [0.2, 0.25) is 15.1 Å². The molecule has 0 spiro atoms. The van der Waals surface area contributed by atoms with Gasteiger partial charge in [0.1, 0.15) is 0 Å². The molecular formula is C21H19Cl3N4O. The molecule has 1 aliphatic rings. The minimum atomic E-state index is -0.161. The molecule has 0 saturated carbocycles. The lowest BCUT2D eigenvalue weighted by molar-refractivity contribution is 0.119. The lowest BCUT2D eigenvalue weighted by Gasteiger charge is -2.39. The minimum Gasteiger partial charge on any atom is -0.320 e. The number of piperazine rings is 1. The summed E-state index contributed by atoms with van der Waals surface area (Å²) < 4.78 is 1.29. The maximum Gasteiger partial charge on any atom is 0.344 e. The standard InChI is InChI=1S/C21H19Cl3N4O/c22-17-5-1-15(2-6-17)20(16-3-7-18(23)8-4-16)26-9-11-27(12-10-26)21(29)28-14-19(24)13-25-28/h1-8,13-14,20H,9-12H2. The number of nitrogens with zero attached hydrogens (tertiary/aromatic N) is 4. The smallest absolute Gasteiger partial charge is 0.320 e. The Bertz CT molecular complexity index is 934. The molecule has 150 valence electrons. The van der Waals surface area contributed by atoms with Crippen LogP contribution in [0.15, 0.2) is 60.9 Å². The average molecular weight is 450 g/mol. The second kappa shape index (κ2) is 8.76. The van der Waals surface area contributed by atoms with E-state index >= 15 is 0 Å². The molecule has 1 amide bonds. The Balaban J connectivity index is 1.54. The predicted molar refractivity (Wildman–Crippen MR) is 116 cm³/mol. The summed E-state index contributed by atoms with van der Waals surface area (Å²) in [6, 6.07) is 15.7. The highest BCUT2D eigenvalue weighted by Gasteiger charge is 2.29. The summed E-state index contributed by atoms with van der Waals surface area (Å²) >= 11 is 18.1. The number of hydrogen-bond acceptors (Lipinski definition) is 3. The molecular weight excluding hydrogens is 431 g/mol. The monoisotopic (exact) mass is 448 g/mol. The van der Waals surface area contributed by atoms with Gasteiger partial charge in [-0.25, -0.2) is 4.79 Å². The van der Waals surface area contributed by atoms with Gasteiger partial charge in [-0.1, -0.05) is 59.1 Å². The van der Waals surface area contributed by atoms with Crippen LogP contribution in [-0.2, 0) is 0 Å². The molecule has 2 aromatic carbocycles. The number of amides is 1. The molecule has 1 fully saturated rings. The van der Waals surface area contributed by atoms with Crippen molar-refractivity contribution in [2.75, 3.05) is 26.2 Å². The zero-order valence-corrected chi connectivity index (χ0v) is 17.8. The minimum absolute atomic E-state index is 0.0564. The van der Waals surface area contributed by atoms with Crippen molar-refractivity contribution in [3.05, 3.63) is 87.1 Å². The summed E-state index contributed by atoms with van der Waals surface area (Å²) in [6.45, 7) is 2.68. The van der Waals surface area contributed by atoms with Gasteiger partial charge >= 0.3 is 6.03 Å². The van der Waals surface area contributed by atoms with Crippen LogP contribution in [0.25, 0.3) is 0 Å². The fraction of sp³-hybridized carbons (Fsp3) is 0.238. The third kappa shape index (κ3) is 4.59. The molecule has 8 heteroatoms. The fourth-order valence-corrected chi connectivity index (χ4v) is 4.01. The number of aromatic nitrogens is 2. The molecule has 0 aliphatic carbocycles. The first kappa shape index (κ1) is 20.2. The molecule has 0 atom stereocenters. The highest BCUT2D eigenvalue weighted by Crippen LogP contribution is 2.31. The van der Waals surface area contributed by atoms with Crippen molar-refractivity contribution in [2.45, 2.75) is 6.04 Å². The lowest BCUT2D eigenvalue weighted by atomic mass is 9.96. The Morgan fingerprint density at radius 2 is 1.31 bits per heavy atom. The summed E-state index contributed by atoms with van der Waals surface area (Å²) in [7, 11) is 0. The van der Waals surface area contributed by atoms with E-state index in [0.717, 1.165) is 24.2 Å². The number of benzene rings is 2. The van der Waals surface area contributed by atoms with Gasteiger partial charge in [-0.05, 0) is 35.4 Å². The molecule has 2 heterocycles. The number of rotatable bonds is 3. The normalized spacial score (nSPS) is 15.1. The van der Waals surface area contributed by atoms with Gasteiger partial charge in [0.2, 0.25) is 0 Å². The van der Waals surface area contributed by atoms with Crippen LogP contribution in [0.1, 0.15) is 17.2 Å². The highest BCUT2D eigenvalue weighted by molar-refractivity contribution is 6.31. The third-order valence-corrected chi connectivity index (χ3v) is 5.77. The van der Waals surface area contributed by atoms with Crippen molar-refractivity contribution in [3.8, 4) is 0 Å². The molecule has 0 bridgehead atoms. The molecule has 0 unspecified atom stereocenters. The maximum atomic E-state index is 12.6. The van der Waals surface area contributed by atoms with E-state index in [1.165, 1.54) is 17.1 Å². The van der Waals surface area contributed by atoms with Gasteiger partial charge < -0.3 is 4.90 Å². The van der Waals surface area contributed by atoms with Crippen molar-refractivity contribution in [1.29, 1.82) is 0 Å². The maximum absolute atomic E-state index is 12.6. The molecule has 4 rings (SSSR count). The van der Waals surface area contributed by atoms with E-state index in [1.807, 2.05) is 48.5 Å². The van der Waals surface area contributed by atoms with Gasteiger partial charge in [-0.3, -0.25) is 4.90 Å². The number of hydrogen-bond donors (Lipinski definition) is 0. The van der Waals surface area contributed by atoms with Crippen LogP contribution in [0, 0.1) is 0 Å². The molecule has 1 aliphatic heterocycles. The molecule has 29 heavy (non-hydrogen) atoms. The van der Waals surface area contributed by atoms with E-state index in [9.17, 15) is 4.79 Å². The van der Waals surface area contributed by atoms with E-state index in [4.69, 9.17) is 34.8 Å². The molecule has 5 nitrogen and oxygen atoms in total. The van der Waals surface area contributed by atoms with Crippen LogP contribution in [0.3, 0.4) is 0 Å². The zero-order valence-electron chi connectivity index (χ0n) is 15.5. The van der Waals surface area contributed by atoms with Crippen LogP contribution >= 0.6 is 34.8 Å². The highest BCUT2D eigenvalue weighted by atomic mass is 35.5. The van der Waals surface area contributed by atoms with Gasteiger partial charge in [0.15, 0.2) is 0 Å². The Morgan fingerprint density at radius 1 is 0.793 bits per heavy atom. The number of halogens is 3. The second-order valence-corrected chi connectivity index (χ2v) is 8.22. The van der Waals surface area contributed by atoms with Gasteiger partial charge in [0.25, 0.3) is 0 Å². The number of carbonyl (C=O) groups is 1. The predicted octanol–water partition coefficient (Wildman–Crippen LogP) is 5.22. The first-order valence-corrected chi connectivity index (χ1v) is 10.4. The third-order valence-electron chi connectivity index (χ3n) is 5.07. The van der Waals surface area contributed by atoms with Crippen LogP contribution in [-0.4, -0.2) is 51.8 Å². The zero-order chi connectivity index (χ0) is 20.4. The molecule has 1 saturated heterocycles. The number of carbonyl (C=O) groups excluding carboxylic acids is 1. The summed E-state index contributed by atoms with van der Waals surface area (Å²) in [5, 5.41) is 5.87. The summed E-state index contributed by atoms with van der Waals surface area (Å²) in [5.74, 6) is 0. The van der Waals surface area contributed by atoms with E-state index < -0.39 is 0 Å². The van der Waals surface area contributed by atoms with E-state index in [-0.39, 0.29) is 12.1 Å². The van der Waals surface area contributed by atoms with Crippen molar-refractivity contribution in [1.82, 2.24) is 19.6 Å². The van der Waals surface area contributed by atoms with Crippen LogP contribution in [0.5, 0.6) is 0 Å². The van der Waals surface area contributed by atoms with Gasteiger partial charge in [-0.2, -0.15) is 9.78 Å². The molecule has 3 aromatic rings. The Hall–Kier alpha value is -2.05. The fourth-order valence-electron chi connectivity index (χ4n) is 3.63.